The molecule has 1 aromatic rings. The SMILES string of the molecule is CCCN1CC2(CC2)c2ccccc21. The molecule has 2 aliphatic rings. The Balaban J connectivity index is 2.01. The molecule has 1 aliphatic heterocycles. The van der Waals surface area contributed by atoms with Gasteiger partial charge in [-0.3, -0.25) is 0 Å². The second kappa shape index (κ2) is 2.75. The number of para-hydroxylation sites is 1. The topological polar surface area (TPSA) is 3.24 Å². The molecular formula is C13H17N. The van der Waals surface area contributed by atoms with Crippen LogP contribution in [0.1, 0.15) is 31.7 Å². The first-order valence-corrected chi connectivity index (χ1v) is 5.70. The lowest BCUT2D eigenvalue weighted by molar-refractivity contribution is 0.687. The van der Waals surface area contributed by atoms with Crippen LogP contribution in [0, 0.1) is 0 Å². The molecule has 1 aliphatic carbocycles. The zero-order valence-corrected chi connectivity index (χ0v) is 8.79. The second-order valence-corrected chi connectivity index (χ2v) is 4.72. The predicted octanol–water partition coefficient (Wildman–Crippen LogP) is 2.95. The molecule has 0 amide bonds. The van der Waals surface area contributed by atoms with Crippen LogP contribution in [0.25, 0.3) is 0 Å². The highest BCUT2D eigenvalue weighted by Gasteiger charge is 2.51. The summed E-state index contributed by atoms with van der Waals surface area (Å²) in [6.07, 6.45) is 4.07. The van der Waals surface area contributed by atoms with E-state index in [-0.39, 0.29) is 0 Å². The fourth-order valence-electron chi connectivity index (χ4n) is 2.78. The highest BCUT2D eigenvalue weighted by molar-refractivity contribution is 5.64. The summed E-state index contributed by atoms with van der Waals surface area (Å²) in [7, 11) is 0. The zero-order chi connectivity index (χ0) is 9.60. The highest BCUT2D eigenvalue weighted by Crippen LogP contribution is 2.56. The van der Waals surface area contributed by atoms with Crippen LogP contribution in [-0.4, -0.2) is 13.1 Å². The van der Waals surface area contributed by atoms with Gasteiger partial charge in [-0.25, -0.2) is 0 Å². The van der Waals surface area contributed by atoms with Gasteiger partial charge in [0.05, 0.1) is 0 Å². The quantitative estimate of drug-likeness (QED) is 0.688. The third-order valence-electron chi connectivity index (χ3n) is 3.66. The Morgan fingerprint density at radius 3 is 2.79 bits per heavy atom. The van der Waals surface area contributed by atoms with Crippen molar-refractivity contribution in [1.29, 1.82) is 0 Å². The molecule has 0 N–H and O–H groups in total. The number of anilines is 1. The maximum Gasteiger partial charge on any atom is 0.0405 e. The number of nitrogens with zero attached hydrogens (tertiary/aromatic N) is 1. The molecule has 74 valence electrons. The van der Waals surface area contributed by atoms with Crippen molar-refractivity contribution in [3.05, 3.63) is 29.8 Å². The summed E-state index contributed by atoms with van der Waals surface area (Å²) in [4.78, 5) is 2.57. The molecule has 0 atom stereocenters. The number of benzene rings is 1. The lowest BCUT2D eigenvalue weighted by Gasteiger charge is -2.18. The van der Waals surface area contributed by atoms with Crippen LogP contribution >= 0.6 is 0 Å². The molecular weight excluding hydrogens is 170 g/mol. The summed E-state index contributed by atoms with van der Waals surface area (Å²) in [5.74, 6) is 0. The van der Waals surface area contributed by atoms with Crippen molar-refractivity contribution in [3.63, 3.8) is 0 Å². The van der Waals surface area contributed by atoms with Crippen LogP contribution in [-0.2, 0) is 5.41 Å². The van der Waals surface area contributed by atoms with Gasteiger partial charge >= 0.3 is 0 Å². The van der Waals surface area contributed by atoms with E-state index in [0.29, 0.717) is 5.41 Å². The van der Waals surface area contributed by atoms with Gasteiger partial charge in [-0.1, -0.05) is 25.1 Å². The van der Waals surface area contributed by atoms with Gasteiger partial charge in [0.25, 0.3) is 0 Å². The summed E-state index contributed by atoms with van der Waals surface area (Å²) >= 11 is 0. The summed E-state index contributed by atoms with van der Waals surface area (Å²) in [5, 5.41) is 0. The fraction of sp³-hybridized carbons (Fsp3) is 0.538. The van der Waals surface area contributed by atoms with Gasteiger partial charge in [-0.15, -0.1) is 0 Å². The van der Waals surface area contributed by atoms with Gasteiger partial charge in [0.2, 0.25) is 0 Å². The van der Waals surface area contributed by atoms with Crippen LogP contribution in [0.15, 0.2) is 24.3 Å². The predicted molar refractivity (Wildman–Crippen MR) is 59.9 cm³/mol. The average Bonchev–Trinajstić information content (AvgIpc) is 2.91. The van der Waals surface area contributed by atoms with Crippen molar-refractivity contribution in [2.24, 2.45) is 0 Å². The van der Waals surface area contributed by atoms with E-state index >= 15 is 0 Å². The van der Waals surface area contributed by atoms with Gasteiger partial charge in [-0.2, -0.15) is 0 Å². The largest absolute Gasteiger partial charge is 0.370 e. The van der Waals surface area contributed by atoms with E-state index in [0.717, 1.165) is 0 Å². The normalized spacial score (nSPS) is 21.4. The lowest BCUT2D eigenvalue weighted by atomic mass is 9.99. The van der Waals surface area contributed by atoms with E-state index in [4.69, 9.17) is 0 Å². The van der Waals surface area contributed by atoms with E-state index < -0.39 is 0 Å². The molecule has 1 heterocycles. The summed E-state index contributed by atoms with van der Waals surface area (Å²) in [6.45, 7) is 4.76. The minimum atomic E-state index is 0.575. The van der Waals surface area contributed by atoms with E-state index in [1.807, 2.05) is 0 Å². The molecule has 0 unspecified atom stereocenters. The van der Waals surface area contributed by atoms with Crippen molar-refractivity contribution in [1.82, 2.24) is 0 Å². The smallest absolute Gasteiger partial charge is 0.0405 e. The second-order valence-electron chi connectivity index (χ2n) is 4.72. The first kappa shape index (κ1) is 8.34. The van der Waals surface area contributed by atoms with Crippen LogP contribution in [0.5, 0.6) is 0 Å². The molecule has 0 radical (unpaired) electrons. The minimum absolute atomic E-state index is 0.575. The number of hydrogen-bond donors (Lipinski definition) is 0. The molecule has 0 aromatic heterocycles. The third kappa shape index (κ3) is 1.01. The van der Waals surface area contributed by atoms with E-state index in [2.05, 4.69) is 36.1 Å². The van der Waals surface area contributed by atoms with Gasteiger partial charge in [0, 0.05) is 24.2 Å². The molecule has 1 spiro atoms. The maximum atomic E-state index is 2.57. The Kier molecular flexibility index (Phi) is 1.64. The summed E-state index contributed by atoms with van der Waals surface area (Å²) in [5.41, 5.74) is 3.70. The molecule has 1 fully saturated rings. The fourth-order valence-corrected chi connectivity index (χ4v) is 2.78. The minimum Gasteiger partial charge on any atom is -0.370 e. The Bertz CT molecular complexity index is 352. The van der Waals surface area contributed by atoms with E-state index in [1.54, 1.807) is 5.56 Å². The van der Waals surface area contributed by atoms with Gasteiger partial charge in [-0.05, 0) is 30.9 Å². The Morgan fingerprint density at radius 1 is 1.29 bits per heavy atom. The van der Waals surface area contributed by atoms with Crippen LogP contribution in [0.4, 0.5) is 5.69 Å². The van der Waals surface area contributed by atoms with Crippen molar-refractivity contribution >= 4 is 5.69 Å². The van der Waals surface area contributed by atoms with Crippen LogP contribution in [0.2, 0.25) is 0 Å². The maximum absolute atomic E-state index is 2.57. The first-order valence-electron chi connectivity index (χ1n) is 5.70. The van der Waals surface area contributed by atoms with Crippen molar-refractivity contribution in [2.45, 2.75) is 31.6 Å². The van der Waals surface area contributed by atoms with E-state index in [9.17, 15) is 0 Å². The Labute approximate surface area is 85.7 Å². The molecule has 14 heavy (non-hydrogen) atoms. The Hall–Kier alpha value is -0.980. The van der Waals surface area contributed by atoms with Gasteiger partial charge < -0.3 is 4.90 Å². The molecule has 1 aromatic carbocycles. The molecule has 1 nitrogen and oxygen atoms in total. The third-order valence-corrected chi connectivity index (χ3v) is 3.66. The van der Waals surface area contributed by atoms with Crippen LogP contribution in [0.3, 0.4) is 0 Å². The zero-order valence-electron chi connectivity index (χ0n) is 8.79. The molecule has 0 bridgehead atoms. The first-order chi connectivity index (χ1) is 6.86. The summed E-state index contributed by atoms with van der Waals surface area (Å²) in [6, 6.07) is 8.98. The number of hydrogen-bond acceptors (Lipinski definition) is 1. The highest BCUT2D eigenvalue weighted by atomic mass is 15.2. The van der Waals surface area contributed by atoms with Crippen molar-refractivity contribution in [3.8, 4) is 0 Å². The van der Waals surface area contributed by atoms with Crippen molar-refractivity contribution in [2.75, 3.05) is 18.0 Å². The standard InChI is InChI=1S/C13H17N/c1-2-9-14-10-13(7-8-13)11-5-3-4-6-12(11)14/h3-6H,2,7-10H2,1H3. The molecule has 3 rings (SSSR count). The van der Waals surface area contributed by atoms with Crippen molar-refractivity contribution < 1.29 is 0 Å². The number of rotatable bonds is 2. The van der Waals surface area contributed by atoms with Crippen LogP contribution < -0.4 is 4.90 Å². The molecule has 1 heteroatoms. The monoisotopic (exact) mass is 187 g/mol. The van der Waals surface area contributed by atoms with E-state index in [1.165, 1.54) is 38.0 Å². The number of fused-ring (bicyclic) bond motifs is 2. The summed E-state index contributed by atoms with van der Waals surface area (Å²) < 4.78 is 0. The Morgan fingerprint density at radius 2 is 2.07 bits per heavy atom. The van der Waals surface area contributed by atoms with Gasteiger partial charge in [0.15, 0.2) is 0 Å². The average molecular weight is 187 g/mol. The molecule has 1 saturated carbocycles. The molecule has 0 saturated heterocycles. The van der Waals surface area contributed by atoms with Gasteiger partial charge in [0.1, 0.15) is 0 Å². The lowest BCUT2D eigenvalue weighted by Crippen LogP contribution is -2.24.